The van der Waals surface area contributed by atoms with Gasteiger partial charge in [-0.15, -0.1) is 0 Å². The van der Waals surface area contributed by atoms with E-state index < -0.39 is 0 Å². The van der Waals surface area contributed by atoms with Crippen molar-refractivity contribution in [2.75, 3.05) is 18.4 Å². The van der Waals surface area contributed by atoms with Crippen molar-refractivity contribution in [3.8, 4) is 11.4 Å². The Morgan fingerprint density at radius 3 is 2.95 bits per heavy atom. The first-order valence-electron chi connectivity index (χ1n) is 7.17. The van der Waals surface area contributed by atoms with Crippen LogP contribution in [0.25, 0.3) is 11.4 Å². The van der Waals surface area contributed by atoms with Crippen molar-refractivity contribution in [1.82, 2.24) is 14.3 Å². The molecule has 5 nitrogen and oxygen atoms in total. The third-order valence-corrected chi connectivity index (χ3v) is 4.25. The Bertz CT molecular complexity index is 613. The van der Waals surface area contributed by atoms with Crippen molar-refractivity contribution in [1.29, 1.82) is 0 Å². The Labute approximate surface area is 128 Å². The van der Waals surface area contributed by atoms with Crippen LogP contribution in [0.1, 0.15) is 19.8 Å². The molecule has 1 aliphatic rings. The van der Waals surface area contributed by atoms with Crippen LogP contribution >= 0.6 is 11.5 Å². The molecule has 0 radical (unpaired) electrons. The van der Waals surface area contributed by atoms with E-state index in [1.807, 2.05) is 35.2 Å². The number of nitrogens with zero attached hydrogens (tertiary/aromatic N) is 3. The molecule has 1 unspecified atom stereocenters. The number of carbonyl (C=O) groups excluding carboxylic acids is 1. The zero-order valence-electron chi connectivity index (χ0n) is 12.0. The summed E-state index contributed by atoms with van der Waals surface area (Å²) in [4.78, 5) is 18.5. The summed E-state index contributed by atoms with van der Waals surface area (Å²) in [5, 5.41) is 3.41. The Balaban J connectivity index is 1.66. The van der Waals surface area contributed by atoms with Crippen LogP contribution in [0, 0.1) is 5.92 Å². The van der Waals surface area contributed by atoms with E-state index in [-0.39, 0.29) is 6.03 Å². The van der Waals surface area contributed by atoms with Crippen LogP contribution in [0.5, 0.6) is 0 Å². The Morgan fingerprint density at radius 2 is 2.19 bits per heavy atom. The minimum atomic E-state index is -0.0719. The topological polar surface area (TPSA) is 58.1 Å². The molecule has 1 N–H and O–H groups in total. The van der Waals surface area contributed by atoms with Gasteiger partial charge in [0.25, 0.3) is 0 Å². The monoisotopic (exact) mass is 302 g/mol. The molecular formula is C15H18N4OS. The van der Waals surface area contributed by atoms with Crippen LogP contribution in [0.3, 0.4) is 0 Å². The summed E-state index contributed by atoms with van der Waals surface area (Å²) >= 11 is 1.22. The van der Waals surface area contributed by atoms with Gasteiger partial charge in [-0.1, -0.05) is 37.3 Å². The number of urea groups is 1. The third kappa shape index (κ3) is 3.39. The minimum absolute atomic E-state index is 0.0719. The second kappa shape index (κ2) is 6.22. The lowest BCUT2D eigenvalue weighted by molar-refractivity contribution is 0.182. The first kappa shape index (κ1) is 14.0. The largest absolute Gasteiger partial charge is 0.324 e. The summed E-state index contributed by atoms with van der Waals surface area (Å²) in [6.07, 6.45) is 2.26. The average Bonchev–Trinajstić information content (AvgIpc) is 2.97. The Hall–Kier alpha value is -1.95. The van der Waals surface area contributed by atoms with E-state index >= 15 is 0 Å². The van der Waals surface area contributed by atoms with Crippen molar-refractivity contribution >= 4 is 22.7 Å². The van der Waals surface area contributed by atoms with Gasteiger partial charge < -0.3 is 4.90 Å². The summed E-state index contributed by atoms with van der Waals surface area (Å²) in [5.41, 5.74) is 0.959. The van der Waals surface area contributed by atoms with Crippen molar-refractivity contribution < 1.29 is 4.79 Å². The van der Waals surface area contributed by atoms with E-state index in [0.717, 1.165) is 25.1 Å². The highest BCUT2D eigenvalue weighted by Crippen LogP contribution is 2.22. The highest BCUT2D eigenvalue weighted by molar-refractivity contribution is 7.10. The van der Waals surface area contributed by atoms with Crippen molar-refractivity contribution in [3.63, 3.8) is 0 Å². The number of nitrogens with one attached hydrogen (secondary N) is 1. The number of benzene rings is 1. The molecule has 21 heavy (non-hydrogen) atoms. The summed E-state index contributed by atoms with van der Waals surface area (Å²) in [5.74, 6) is 1.22. The highest BCUT2D eigenvalue weighted by Gasteiger charge is 2.21. The van der Waals surface area contributed by atoms with Crippen molar-refractivity contribution in [3.05, 3.63) is 30.3 Å². The SMILES string of the molecule is CC1CCCN(C(=O)Nc2nc(-c3ccccc3)ns2)C1. The predicted octanol–water partition coefficient (Wildman–Crippen LogP) is 3.47. The molecular weight excluding hydrogens is 284 g/mol. The third-order valence-electron chi connectivity index (χ3n) is 3.62. The van der Waals surface area contributed by atoms with Gasteiger partial charge in [0, 0.05) is 30.2 Å². The van der Waals surface area contributed by atoms with E-state index in [4.69, 9.17) is 0 Å². The van der Waals surface area contributed by atoms with E-state index in [0.29, 0.717) is 16.9 Å². The maximum atomic E-state index is 12.2. The molecule has 0 bridgehead atoms. The van der Waals surface area contributed by atoms with Gasteiger partial charge in [-0.05, 0) is 18.8 Å². The molecule has 0 saturated carbocycles. The molecule has 1 saturated heterocycles. The van der Waals surface area contributed by atoms with Gasteiger partial charge in [0.1, 0.15) is 0 Å². The van der Waals surface area contributed by atoms with Crippen molar-refractivity contribution in [2.24, 2.45) is 5.92 Å². The van der Waals surface area contributed by atoms with Crippen LogP contribution in [0.2, 0.25) is 0 Å². The zero-order valence-corrected chi connectivity index (χ0v) is 12.8. The number of aromatic nitrogens is 2. The fourth-order valence-corrected chi connectivity index (χ4v) is 3.10. The maximum Gasteiger partial charge on any atom is 0.323 e. The van der Waals surface area contributed by atoms with Crippen LogP contribution < -0.4 is 5.32 Å². The summed E-state index contributed by atoms with van der Waals surface area (Å²) in [7, 11) is 0. The molecule has 0 spiro atoms. The van der Waals surface area contributed by atoms with E-state index in [1.54, 1.807) is 0 Å². The molecule has 110 valence electrons. The lowest BCUT2D eigenvalue weighted by atomic mass is 10.0. The first-order valence-corrected chi connectivity index (χ1v) is 7.95. The molecule has 2 aromatic rings. The second-order valence-corrected chi connectivity index (χ2v) is 6.16. The van der Waals surface area contributed by atoms with Gasteiger partial charge in [0.15, 0.2) is 5.82 Å². The van der Waals surface area contributed by atoms with Gasteiger partial charge in [-0.3, -0.25) is 5.32 Å². The normalized spacial score (nSPS) is 18.5. The number of rotatable bonds is 2. The highest BCUT2D eigenvalue weighted by atomic mass is 32.1. The van der Waals surface area contributed by atoms with Gasteiger partial charge in [-0.2, -0.15) is 9.36 Å². The minimum Gasteiger partial charge on any atom is -0.324 e. The maximum absolute atomic E-state index is 12.2. The zero-order chi connectivity index (χ0) is 14.7. The van der Waals surface area contributed by atoms with E-state index in [9.17, 15) is 4.79 Å². The Morgan fingerprint density at radius 1 is 1.38 bits per heavy atom. The number of likely N-dealkylation sites (tertiary alicyclic amines) is 1. The predicted molar refractivity (Wildman–Crippen MR) is 84.3 cm³/mol. The van der Waals surface area contributed by atoms with Crippen LogP contribution in [0.4, 0.5) is 9.93 Å². The fourth-order valence-electron chi connectivity index (χ4n) is 2.52. The summed E-state index contributed by atoms with van der Waals surface area (Å²) in [6.45, 7) is 3.81. The molecule has 2 amide bonds. The van der Waals surface area contributed by atoms with Gasteiger partial charge >= 0.3 is 6.03 Å². The number of piperidine rings is 1. The average molecular weight is 302 g/mol. The lowest BCUT2D eigenvalue weighted by Gasteiger charge is -2.30. The fraction of sp³-hybridized carbons (Fsp3) is 0.400. The molecule has 6 heteroatoms. The number of hydrogen-bond acceptors (Lipinski definition) is 4. The van der Waals surface area contributed by atoms with Gasteiger partial charge in [0.2, 0.25) is 5.13 Å². The molecule has 1 aliphatic heterocycles. The number of amides is 2. The lowest BCUT2D eigenvalue weighted by Crippen LogP contribution is -2.41. The molecule has 0 aliphatic carbocycles. The van der Waals surface area contributed by atoms with Crippen LogP contribution in [0.15, 0.2) is 30.3 Å². The summed E-state index contributed by atoms with van der Waals surface area (Å²) < 4.78 is 4.30. The molecule has 3 rings (SSSR count). The summed E-state index contributed by atoms with van der Waals surface area (Å²) in [6, 6.07) is 9.70. The molecule has 2 heterocycles. The number of anilines is 1. The molecule has 1 atom stereocenters. The second-order valence-electron chi connectivity index (χ2n) is 5.41. The van der Waals surface area contributed by atoms with Crippen LogP contribution in [-0.2, 0) is 0 Å². The number of carbonyl (C=O) groups is 1. The quantitative estimate of drug-likeness (QED) is 0.924. The van der Waals surface area contributed by atoms with Crippen LogP contribution in [-0.4, -0.2) is 33.4 Å². The number of hydrogen-bond donors (Lipinski definition) is 1. The molecule has 1 aromatic carbocycles. The standard InChI is InChI=1S/C15H18N4OS/c1-11-6-5-9-19(10-11)15(20)17-14-16-13(18-21-14)12-7-3-2-4-8-12/h2-4,7-8,11H,5-6,9-10H2,1H3,(H,16,17,18,20). The molecule has 1 aromatic heterocycles. The molecule has 1 fully saturated rings. The van der Waals surface area contributed by atoms with Gasteiger partial charge in [-0.25, -0.2) is 4.79 Å². The van der Waals surface area contributed by atoms with E-state index in [1.165, 1.54) is 18.0 Å². The van der Waals surface area contributed by atoms with E-state index in [2.05, 4.69) is 21.6 Å². The first-order chi connectivity index (χ1) is 10.2. The van der Waals surface area contributed by atoms with Crippen molar-refractivity contribution in [2.45, 2.75) is 19.8 Å². The Kier molecular flexibility index (Phi) is 4.15. The van der Waals surface area contributed by atoms with Gasteiger partial charge in [0.05, 0.1) is 0 Å². The smallest absolute Gasteiger partial charge is 0.323 e.